The molecule has 0 bridgehead atoms. The first-order chi connectivity index (χ1) is 7.45. The Balaban J connectivity index is 3.19. The lowest BCUT2D eigenvalue weighted by Gasteiger charge is -2.10. The van der Waals surface area contributed by atoms with E-state index in [1.54, 1.807) is 0 Å². The van der Waals surface area contributed by atoms with Gasteiger partial charge in [-0.05, 0) is 19.1 Å². The minimum Gasteiger partial charge on any atom is -0.505 e. The second-order valence-corrected chi connectivity index (χ2v) is 3.55. The molecule has 0 radical (unpaired) electrons. The van der Waals surface area contributed by atoms with Gasteiger partial charge in [-0.15, -0.1) is 0 Å². The van der Waals surface area contributed by atoms with Crippen molar-refractivity contribution in [2.45, 2.75) is 6.92 Å². The standard InChI is InChI=1S/C10H11ClN2O3/c1-5(14)7-3-6(11)4-8(9(7)15)13-10(16)12-2/h3-4,15H,1-2H3,(H2,12,13,16). The van der Waals surface area contributed by atoms with E-state index in [0.29, 0.717) is 0 Å². The number of amides is 2. The highest BCUT2D eigenvalue weighted by Crippen LogP contribution is 2.31. The molecule has 1 rings (SSSR count). The zero-order chi connectivity index (χ0) is 12.3. The summed E-state index contributed by atoms with van der Waals surface area (Å²) in [6, 6.07) is 2.19. The van der Waals surface area contributed by atoms with Crippen LogP contribution in [0.5, 0.6) is 5.75 Å². The molecule has 0 aromatic heterocycles. The van der Waals surface area contributed by atoms with Crippen molar-refractivity contribution in [1.29, 1.82) is 0 Å². The number of anilines is 1. The van der Waals surface area contributed by atoms with Gasteiger partial charge in [-0.1, -0.05) is 11.6 Å². The maximum atomic E-state index is 11.2. The van der Waals surface area contributed by atoms with Crippen LogP contribution in [0.4, 0.5) is 10.5 Å². The van der Waals surface area contributed by atoms with Crippen LogP contribution >= 0.6 is 11.6 Å². The molecule has 0 spiro atoms. The molecule has 16 heavy (non-hydrogen) atoms. The van der Waals surface area contributed by atoms with Crippen molar-refractivity contribution in [3.8, 4) is 5.75 Å². The van der Waals surface area contributed by atoms with Gasteiger partial charge >= 0.3 is 6.03 Å². The van der Waals surface area contributed by atoms with E-state index in [9.17, 15) is 14.7 Å². The average Bonchev–Trinajstić information content (AvgIpc) is 2.22. The van der Waals surface area contributed by atoms with Crippen LogP contribution < -0.4 is 10.6 Å². The highest BCUT2D eigenvalue weighted by molar-refractivity contribution is 6.31. The molecule has 1 aromatic carbocycles. The molecular weight excluding hydrogens is 232 g/mol. The van der Waals surface area contributed by atoms with Crippen molar-refractivity contribution in [3.63, 3.8) is 0 Å². The number of aromatic hydroxyl groups is 1. The van der Waals surface area contributed by atoms with Gasteiger partial charge in [-0.2, -0.15) is 0 Å². The van der Waals surface area contributed by atoms with Gasteiger partial charge in [0.15, 0.2) is 5.78 Å². The second-order valence-electron chi connectivity index (χ2n) is 3.11. The number of nitrogens with one attached hydrogen (secondary N) is 2. The number of ketones is 1. The Morgan fingerprint density at radius 3 is 2.50 bits per heavy atom. The summed E-state index contributed by atoms with van der Waals surface area (Å²) in [5.41, 5.74) is 0.163. The Kier molecular flexibility index (Phi) is 3.73. The van der Waals surface area contributed by atoms with Gasteiger partial charge in [-0.3, -0.25) is 4.79 Å². The molecule has 0 aliphatic rings. The monoisotopic (exact) mass is 242 g/mol. The normalized spacial score (nSPS) is 9.69. The zero-order valence-electron chi connectivity index (χ0n) is 8.80. The van der Waals surface area contributed by atoms with Crippen molar-refractivity contribution in [2.75, 3.05) is 12.4 Å². The molecule has 5 nitrogen and oxygen atoms in total. The minimum absolute atomic E-state index is 0.0684. The molecule has 0 saturated heterocycles. The number of Topliss-reactive ketones (excluding diaryl/α,β-unsaturated/α-hetero) is 1. The lowest BCUT2D eigenvalue weighted by molar-refractivity contribution is 0.101. The number of carbonyl (C=O) groups excluding carboxylic acids is 2. The number of benzene rings is 1. The predicted molar refractivity (Wildman–Crippen MR) is 61.2 cm³/mol. The first kappa shape index (κ1) is 12.3. The average molecular weight is 243 g/mol. The van der Waals surface area contributed by atoms with Crippen molar-refractivity contribution in [2.24, 2.45) is 0 Å². The number of carbonyl (C=O) groups is 2. The summed E-state index contributed by atoms with van der Waals surface area (Å²) in [5, 5.41) is 14.6. The highest BCUT2D eigenvalue weighted by atomic mass is 35.5. The lowest BCUT2D eigenvalue weighted by atomic mass is 10.1. The third-order valence-corrected chi connectivity index (χ3v) is 2.15. The van der Waals surface area contributed by atoms with Crippen molar-refractivity contribution in [1.82, 2.24) is 5.32 Å². The van der Waals surface area contributed by atoms with Gasteiger partial charge in [-0.25, -0.2) is 4.79 Å². The largest absolute Gasteiger partial charge is 0.505 e. The van der Waals surface area contributed by atoms with Gasteiger partial charge in [0.1, 0.15) is 5.75 Å². The molecule has 2 amide bonds. The molecule has 0 aliphatic heterocycles. The maximum Gasteiger partial charge on any atom is 0.319 e. The fourth-order valence-corrected chi connectivity index (χ4v) is 1.37. The third-order valence-electron chi connectivity index (χ3n) is 1.93. The van der Waals surface area contributed by atoms with Gasteiger partial charge in [0.2, 0.25) is 0 Å². The van der Waals surface area contributed by atoms with E-state index in [2.05, 4.69) is 10.6 Å². The summed E-state index contributed by atoms with van der Waals surface area (Å²) in [4.78, 5) is 22.2. The van der Waals surface area contributed by atoms with E-state index < -0.39 is 6.03 Å². The van der Waals surface area contributed by atoms with Crippen LogP contribution in [0.2, 0.25) is 5.02 Å². The SMILES string of the molecule is CNC(=O)Nc1cc(Cl)cc(C(C)=O)c1O. The number of hydrogen-bond acceptors (Lipinski definition) is 3. The lowest BCUT2D eigenvalue weighted by Crippen LogP contribution is -2.24. The third kappa shape index (κ3) is 2.64. The Morgan fingerprint density at radius 1 is 1.38 bits per heavy atom. The van der Waals surface area contributed by atoms with Crippen LogP contribution in [0.1, 0.15) is 17.3 Å². The minimum atomic E-state index is -0.507. The van der Waals surface area contributed by atoms with Crippen molar-refractivity contribution >= 4 is 29.1 Å². The molecule has 0 fully saturated rings. The predicted octanol–water partition coefficient (Wildman–Crippen LogP) is 2.00. The summed E-state index contributed by atoms with van der Waals surface area (Å²) < 4.78 is 0. The molecular formula is C10H11ClN2O3. The van der Waals surface area contributed by atoms with Gasteiger partial charge in [0.25, 0.3) is 0 Å². The van der Waals surface area contributed by atoms with Crippen molar-refractivity contribution < 1.29 is 14.7 Å². The summed E-state index contributed by atoms with van der Waals surface area (Å²) in [6.45, 7) is 1.30. The fraction of sp³-hybridized carbons (Fsp3) is 0.200. The van der Waals surface area contributed by atoms with Crippen LogP contribution in [-0.4, -0.2) is 24.0 Å². The number of hydrogen-bond donors (Lipinski definition) is 3. The van der Waals surface area contributed by atoms with E-state index in [4.69, 9.17) is 11.6 Å². The topological polar surface area (TPSA) is 78.4 Å². The van der Waals surface area contributed by atoms with Gasteiger partial charge < -0.3 is 15.7 Å². The van der Waals surface area contributed by atoms with E-state index in [1.165, 1.54) is 26.1 Å². The van der Waals surface area contributed by atoms with Gasteiger partial charge in [0, 0.05) is 12.1 Å². The van der Waals surface area contributed by atoms with E-state index in [0.717, 1.165) is 0 Å². The van der Waals surface area contributed by atoms with E-state index in [-0.39, 0.29) is 27.8 Å². The molecule has 3 N–H and O–H groups in total. The number of phenols is 1. The summed E-state index contributed by atoms with van der Waals surface area (Å²) in [6.07, 6.45) is 0. The molecule has 86 valence electrons. The molecule has 0 unspecified atom stereocenters. The molecule has 1 aromatic rings. The van der Waals surface area contributed by atoms with E-state index >= 15 is 0 Å². The van der Waals surface area contributed by atoms with Gasteiger partial charge in [0.05, 0.1) is 11.3 Å². The molecule has 0 atom stereocenters. The number of phenolic OH excluding ortho intramolecular Hbond substituents is 1. The van der Waals surface area contributed by atoms with Crippen LogP contribution in [0.25, 0.3) is 0 Å². The Morgan fingerprint density at radius 2 is 2.00 bits per heavy atom. The first-order valence-corrected chi connectivity index (χ1v) is 4.85. The summed E-state index contributed by atoms with van der Waals surface area (Å²) in [5.74, 6) is -0.625. The zero-order valence-corrected chi connectivity index (χ0v) is 9.55. The molecule has 0 aliphatic carbocycles. The maximum absolute atomic E-state index is 11.2. The Bertz CT molecular complexity index is 446. The number of urea groups is 1. The van der Waals surface area contributed by atoms with Crippen molar-refractivity contribution in [3.05, 3.63) is 22.7 Å². The summed E-state index contributed by atoms with van der Waals surface area (Å²) in [7, 11) is 1.43. The number of rotatable bonds is 2. The first-order valence-electron chi connectivity index (χ1n) is 4.48. The Labute approximate surface area is 97.4 Å². The fourth-order valence-electron chi connectivity index (χ4n) is 1.15. The Hall–Kier alpha value is -1.75. The van der Waals surface area contributed by atoms with E-state index in [1.807, 2.05) is 0 Å². The summed E-state index contributed by atoms with van der Waals surface area (Å²) >= 11 is 5.76. The highest BCUT2D eigenvalue weighted by Gasteiger charge is 2.14. The van der Waals surface area contributed by atoms with Crippen LogP contribution in [0, 0.1) is 0 Å². The second kappa shape index (κ2) is 4.85. The van der Waals surface area contributed by atoms with Crippen LogP contribution in [-0.2, 0) is 0 Å². The smallest absolute Gasteiger partial charge is 0.319 e. The van der Waals surface area contributed by atoms with Crippen LogP contribution in [0.3, 0.4) is 0 Å². The number of halogens is 1. The van der Waals surface area contributed by atoms with Crippen LogP contribution in [0.15, 0.2) is 12.1 Å². The quantitative estimate of drug-likeness (QED) is 0.548. The molecule has 0 heterocycles. The molecule has 0 saturated carbocycles. The molecule has 6 heteroatoms.